The molecule has 0 atom stereocenters. The minimum atomic E-state index is -2.93. The molecule has 0 aliphatic carbocycles. The summed E-state index contributed by atoms with van der Waals surface area (Å²) < 4.78 is 37.6. The van der Waals surface area contributed by atoms with Gasteiger partial charge in [0.05, 0.1) is 5.69 Å². The van der Waals surface area contributed by atoms with Gasteiger partial charge in [-0.2, -0.15) is 8.78 Å². The Balaban J connectivity index is 1.86. The Morgan fingerprint density at radius 1 is 1.33 bits per heavy atom. The van der Waals surface area contributed by atoms with Crippen molar-refractivity contribution in [2.24, 2.45) is 0 Å². The molecule has 1 heterocycles. The van der Waals surface area contributed by atoms with E-state index in [0.717, 1.165) is 0 Å². The van der Waals surface area contributed by atoms with Crippen molar-refractivity contribution < 1.29 is 32.4 Å². The van der Waals surface area contributed by atoms with E-state index in [-0.39, 0.29) is 22.9 Å². The fraction of sp³-hybridized carbons (Fsp3) is 0.214. The van der Waals surface area contributed by atoms with Crippen molar-refractivity contribution in [3.8, 4) is 5.75 Å². The van der Waals surface area contributed by atoms with Crippen LogP contribution in [0.2, 0.25) is 0 Å². The van der Waals surface area contributed by atoms with Gasteiger partial charge in [-0.25, -0.2) is 4.79 Å². The van der Waals surface area contributed by atoms with Crippen molar-refractivity contribution in [2.75, 3.05) is 17.7 Å². The number of esters is 1. The normalized spacial score (nSPS) is 10.5. The number of carbonyl (C=O) groups excluding carboxylic acids is 2. The molecule has 128 valence electrons. The van der Waals surface area contributed by atoms with E-state index in [1.807, 2.05) is 0 Å². The third-order valence-electron chi connectivity index (χ3n) is 2.79. The molecule has 2 aromatic rings. The number of rotatable bonds is 6. The van der Waals surface area contributed by atoms with Gasteiger partial charge in [-0.05, 0) is 31.2 Å². The maximum Gasteiger partial charge on any atom is 0.387 e. The highest BCUT2D eigenvalue weighted by Gasteiger charge is 2.20. The monoisotopic (exact) mass is 341 g/mol. The second-order valence-electron chi connectivity index (χ2n) is 4.53. The Labute approximate surface area is 134 Å². The number of benzene rings is 1. The molecular weight excluding hydrogens is 328 g/mol. The number of halogens is 2. The van der Waals surface area contributed by atoms with Crippen LogP contribution in [0.1, 0.15) is 16.1 Å². The van der Waals surface area contributed by atoms with Gasteiger partial charge in [-0.1, -0.05) is 5.16 Å². The average molecular weight is 341 g/mol. The molecule has 10 heteroatoms. The highest BCUT2D eigenvalue weighted by Crippen LogP contribution is 2.18. The minimum Gasteiger partial charge on any atom is -0.452 e. The van der Waals surface area contributed by atoms with E-state index in [4.69, 9.17) is 10.5 Å². The van der Waals surface area contributed by atoms with E-state index >= 15 is 0 Å². The molecule has 1 amide bonds. The summed E-state index contributed by atoms with van der Waals surface area (Å²) in [5, 5.41) is 5.92. The van der Waals surface area contributed by atoms with Crippen molar-refractivity contribution in [3.63, 3.8) is 0 Å². The number of carbonyl (C=O) groups is 2. The van der Waals surface area contributed by atoms with Crippen LogP contribution in [0.25, 0.3) is 0 Å². The molecule has 1 aromatic carbocycles. The molecule has 0 aliphatic heterocycles. The molecule has 1 aromatic heterocycles. The number of aromatic nitrogens is 1. The number of aryl methyl sites for hydroxylation is 1. The van der Waals surface area contributed by atoms with Crippen molar-refractivity contribution in [3.05, 3.63) is 35.5 Å². The number of ether oxygens (including phenoxy) is 2. The van der Waals surface area contributed by atoms with Crippen LogP contribution in [0, 0.1) is 6.92 Å². The van der Waals surface area contributed by atoms with Crippen molar-refractivity contribution in [1.82, 2.24) is 5.16 Å². The lowest BCUT2D eigenvalue weighted by Crippen LogP contribution is -2.21. The number of alkyl halides is 2. The van der Waals surface area contributed by atoms with Gasteiger partial charge in [-0.3, -0.25) is 4.79 Å². The van der Waals surface area contributed by atoms with Crippen LogP contribution in [0.3, 0.4) is 0 Å². The van der Waals surface area contributed by atoms with Crippen LogP contribution >= 0.6 is 0 Å². The molecule has 0 fully saturated rings. The van der Waals surface area contributed by atoms with Gasteiger partial charge < -0.3 is 25.0 Å². The Morgan fingerprint density at radius 2 is 2.00 bits per heavy atom. The second-order valence-corrected chi connectivity index (χ2v) is 4.53. The zero-order chi connectivity index (χ0) is 17.7. The molecule has 0 spiro atoms. The van der Waals surface area contributed by atoms with E-state index in [2.05, 4.69) is 19.7 Å². The third kappa shape index (κ3) is 4.41. The molecule has 3 N–H and O–H groups in total. The predicted octanol–water partition coefficient (Wildman–Crippen LogP) is 1.96. The fourth-order valence-electron chi connectivity index (χ4n) is 1.76. The largest absolute Gasteiger partial charge is 0.452 e. The van der Waals surface area contributed by atoms with Gasteiger partial charge in [0.1, 0.15) is 11.3 Å². The van der Waals surface area contributed by atoms with E-state index in [1.165, 1.54) is 31.2 Å². The highest BCUT2D eigenvalue weighted by atomic mass is 19.3. The molecule has 0 aliphatic rings. The molecule has 0 unspecified atom stereocenters. The number of amides is 1. The SMILES string of the molecule is Cc1noc(N)c1C(=O)OCC(=O)Nc1ccc(OC(F)F)cc1. The maximum atomic E-state index is 12.0. The molecule has 24 heavy (non-hydrogen) atoms. The Bertz CT molecular complexity index is 711. The molecule has 2 rings (SSSR count). The number of nitrogens with zero attached hydrogens (tertiary/aromatic N) is 1. The van der Waals surface area contributed by atoms with E-state index in [9.17, 15) is 18.4 Å². The number of nitrogens with two attached hydrogens (primary N) is 1. The topological polar surface area (TPSA) is 117 Å². The summed E-state index contributed by atoms with van der Waals surface area (Å²) >= 11 is 0. The second kappa shape index (κ2) is 7.40. The van der Waals surface area contributed by atoms with Crippen molar-refractivity contribution in [1.29, 1.82) is 0 Å². The van der Waals surface area contributed by atoms with Gasteiger partial charge in [0.15, 0.2) is 6.61 Å². The van der Waals surface area contributed by atoms with Gasteiger partial charge in [0, 0.05) is 5.69 Å². The lowest BCUT2D eigenvalue weighted by molar-refractivity contribution is -0.119. The van der Waals surface area contributed by atoms with Crippen molar-refractivity contribution >= 4 is 23.4 Å². The lowest BCUT2D eigenvalue weighted by atomic mass is 10.2. The van der Waals surface area contributed by atoms with Crippen LogP contribution in [-0.4, -0.2) is 30.3 Å². The molecule has 0 bridgehead atoms. The number of anilines is 2. The van der Waals surface area contributed by atoms with E-state index in [1.54, 1.807) is 0 Å². The standard InChI is InChI=1S/C14H13F2N3O5/c1-7-11(12(17)24-19-7)13(21)22-6-10(20)18-8-2-4-9(5-3-8)23-14(15)16/h2-5,14H,6,17H2,1H3,(H,18,20). The molecule has 0 radical (unpaired) electrons. The summed E-state index contributed by atoms with van der Waals surface area (Å²) in [6.45, 7) is -2.00. The molecule has 0 saturated heterocycles. The zero-order valence-electron chi connectivity index (χ0n) is 12.4. The van der Waals surface area contributed by atoms with Gasteiger partial charge >= 0.3 is 12.6 Å². The highest BCUT2D eigenvalue weighted by molar-refractivity contribution is 5.98. The Morgan fingerprint density at radius 3 is 2.54 bits per heavy atom. The Kier molecular flexibility index (Phi) is 5.30. The van der Waals surface area contributed by atoms with Crippen LogP contribution < -0.4 is 15.8 Å². The van der Waals surface area contributed by atoms with Crippen LogP contribution in [0.4, 0.5) is 20.4 Å². The van der Waals surface area contributed by atoms with Gasteiger partial charge in [0.2, 0.25) is 5.88 Å². The predicted molar refractivity (Wildman–Crippen MR) is 77.6 cm³/mol. The maximum absolute atomic E-state index is 12.0. The first-order chi connectivity index (χ1) is 11.4. The smallest absolute Gasteiger partial charge is 0.387 e. The number of hydrogen-bond donors (Lipinski definition) is 2. The average Bonchev–Trinajstić information content (AvgIpc) is 2.85. The Hall–Kier alpha value is -3.17. The van der Waals surface area contributed by atoms with E-state index < -0.39 is 25.1 Å². The summed E-state index contributed by atoms with van der Waals surface area (Å²) in [5.74, 6) is -1.72. The quantitative estimate of drug-likeness (QED) is 0.771. The molecular formula is C14H13F2N3O5. The van der Waals surface area contributed by atoms with Crippen LogP contribution in [0.5, 0.6) is 5.75 Å². The lowest BCUT2D eigenvalue weighted by Gasteiger charge is -2.08. The fourth-order valence-corrected chi connectivity index (χ4v) is 1.76. The summed E-state index contributed by atoms with van der Waals surface area (Å²) in [7, 11) is 0. The van der Waals surface area contributed by atoms with E-state index in [0.29, 0.717) is 5.69 Å². The van der Waals surface area contributed by atoms with Gasteiger partial charge in [-0.15, -0.1) is 0 Å². The first-order valence-electron chi connectivity index (χ1n) is 6.60. The molecule has 8 nitrogen and oxygen atoms in total. The number of nitrogens with one attached hydrogen (secondary N) is 1. The number of hydrogen-bond acceptors (Lipinski definition) is 7. The zero-order valence-corrected chi connectivity index (χ0v) is 12.4. The van der Waals surface area contributed by atoms with Crippen molar-refractivity contribution in [2.45, 2.75) is 13.5 Å². The van der Waals surface area contributed by atoms with Gasteiger partial charge in [0.25, 0.3) is 5.91 Å². The number of nitrogen functional groups attached to an aromatic ring is 1. The molecule has 0 saturated carbocycles. The first kappa shape index (κ1) is 17.2. The summed E-state index contributed by atoms with van der Waals surface area (Å²) in [4.78, 5) is 23.5. The summed E-state index contributed by atoms with van der Waals surface area (Å²) in [6, 6.07) is 5.24. The minimum absolute atomic E-state index is 0.0451. The summed E-state index contributed by atoms with van der Waals surface area (Å²) in [6.07, 6.45) is 0. The van der Waals surface area contributed by atoms with Crippen LogP contribution in [0.15, 0.2) is 28.8 Å². The first-order valence-corrected chi connectivity index (χ1v) is 6.60. The summed E-state index contributed by atoms with van der Waals surface area (Å²) in [5.41, 5.74) is 5.94. The van der Waals surface area contributed by atoms with Crippen LogP contribution in [-0.2, 0) is 9.53 Å². The third-order valence-corrected chi connectivity index (χ3v) is 2.79.